The lowest BCUT2D eigenvalue weighted by Gasteiger charge is -2.23. The number of ketones is 1. The molecule has 1 unspecified atom stereocenters. The van der Waals surface area contributed by atoms with Gasteiger partial charge in [-0.2, -0.15) is 0 Å². The number of rotatable bonds is 24. The molecule has 0 aliphatic heterocycles. The van der Waals surface area contributed by atoms with Crippen molar-refractivity contribution in [2.24, 2.45) is 11.8 Å². The van der Waals surface area contributed by atoms with Gasteiger partial charge in [0, 0.05) is 25.9 Å². The molecule has 1 fully saturated rings. The van der Waals surface area contributed by atoms with E-state index in [1.807, 2.05) is 0 Å². The Kier molecular flexibility index (Phi) is 20.3. The molecule has 0 heterocycles. The van der Waals surface area contributed by atoms with E-state index in [0.29, 0.717) is 25.2 Å². The van der Waals surface area contributed by atoms with Gasteiger partial charge in [-0.15, -0.1) is 0 Å². The minimum Gasteiger partial charge on any atom is -0.466 e. The van der Waals surface area contributed by atoms with Gasteiger partial charge in [-0.3, -0.25) is 9.59 Å². The van der Waals surface area contributed by atoms with Gasteiger partial charge in [-0.1, -0.05) is 97.3 Å². The summed E-state index contributed by atoms with van der Waals surface area (Å²) in [6.45, 7) is 4.95. The molecule has 1 aliphatic carbocycles. The number of hydrogen-bond acceptors (Lipinski definition) is 5. The van der Waals surface area contributed by atoms with Crippen LogP contribution >= 0.6 is 0 Å². The highest BCUT2D eigenvalue weighted by molar-refractivity contribution is 5.84. The number of carbonyl (C=O) groups is 2. The van der Waals surface area contributed by atoms with Gasteiger partial charge in [-0.05, 0) is 44.4 Å². The molecule has 0 spiro atoms. The van der Waals surface area contributed by atoms with Crippen LogP contribution in [0.2, 0.25) is 0 Å². The largest absolute Gasteiger partial charge is 0.466 e. The van der Waals surface area contributed by atoms with E-state index in [2.05, 4.69) is 13.8 Å². The third-order valence-corrected chi connectivity index (χ3v) is 7.99. The van der Waals surface area contributed by atoms with E-state index in [1.54, 1.807) is 7.11 Å². The van der Waals surface area contributed by atoms with Gasteiger partial charge in [0.25, 0.3) is 0 Å². The molecule has 5 heteroatoms. The van der Waals surface area contributed by atoms with Gasteiger partial charge in [0.15, 0.2) is 0 Å². The summed E-state index contributed by atoms with van der Waals surface area (Å²) in [6, 6.07) is 0. The molecular formula is C31H58O5. The summed E-state index contributed by atoms with van der Waals surface area (Å²) >= 11 is 0. The number of carbonyl (C=O) groups excluding carboxylic acids is 2. The first-order valence-corrected chi connectivity index (χ1v) is 15.4. The van der Waals surface area contributed by atoms with Crippen LogP contribution in [-0.4, -0.2) is 42.8 Å². The molecule has 1 saturated carbocycles. The minimum absolute atomic E-state index is 0.0334. The van der Waals surface area contributed by atoms with Gasteiger partial charge >= 0.3 is 5.97 Å². The molecule has 5 nitrogen and oxygen atoms in total. The van der Waals surface area contributed by atoms with Gasteiger partial charge < -0.3 is 14.6 Å². The monoisotopic (exact) mass is 510 g/mol. The van der Waals surface area contributed by atoms with E-state index in [4.69, 9.17) is 9.47 Å². The molecule has 212 valence electrons. The summed E-state index contributed by atoms with van der Waals surface area (Å²) in [5.41, 5.74) is 0. The van der Waals surface area contributed by atoms with Crippen molar-refractivity contribution in [1.82, 2.24) is 0 Å². The Morgan fingerprint density at radius 3 is 2.14 bits per heavy atom. The highest BCUT2D eigenvalue weighted by Gasteiger charge is 2.41. The predicted molar refractivity (Wildman–Crippen MR) is 148 cm³/mol. The second-order valence-electron chi connectivity index (χ2n) is 11.1. The number of methoxy groups -OCH3 is 1. The van der Waals surface area contributed by atoms with E-state index < -0.39 is 0 Å². The van der Waals surface area contributed by atoms with Crippen LogP contribution in [0.25, 0.3) is 0 Å². The lowest BCUT2D eigenvalue weighted by atomic mass is 9.85. The van der Waals surface area contributed by atoms with Crippen molar-refractivity contribution >= 4 is 11.8 Å². The van der Waals surface area contributed by atoms with Crippen LogP contribution in [-0.2, 0) is 19.1 Å². The normalized spacial score (nSPS) is 20.7. The molecule has 0 aromatic rings. The van der Waals surface area contributed by atoms with Crippen molar-refractivity contribution < 1.29 is 24.2 Å². The van der Waals surface area contributed by atoms with Crippen molar-refractivity contribution in [3.05, 3.63) is 0 Å². The molecule has 4 atom stereocenters. The average molecular weight is 511 g/mol. The summed E-state index contributed by atoms with van der Waals surface area (Å²) < 4.78 is 11.0. The molecular weight excluding hydrogens is 452 g/mol. The molecule has 1 N–H and O–H groups in total. The topological polar surface area (TPSA) is 72.8 Å². The SMILES string of the molecule is CCCCCCCCCCOC(=O)CCCCCC[C@H]1C(=O)C[C@@H](OC)[C@@H]1CCCC(O)CCCC. The number of aliphatic hydroxyl groups excluding tert-OH is 1. The molecule has 1 aliphatic rings. The Balaban J connectivity index is 2.11. The standard InChI is InChI=1S/C31H58O5/c1-4-6-8-9-10-11-14-17-24-36-31(34)23-16-13-12-15-21-27-28(30(35-3)25-29(27)33)22-18-20-26(32)19-7-5-2/h26-28,30,32H,4-25H2,1-3H3/t26?,27-,28-,30-/m1/s1. The fourth-order valence-electron chi connectivity index (χ4n) is 5.67. The Bertz CT molecular complexity index is 549. The maximum Gasteiger partial charge on any atom is 0.305 e. The van der Waals surface area contributed by atoms with Crippen LogP contribution in [0.1, 0.15) is 149 Å². The van der Waals surface area contributed by atoms with E-state index >= 15 is 0 Å². The van der Waals surface area contributed by atoms with Crippen molar-refractivity contribution in [2.45, 2.75) is 161 Å². The number of hydrogen-bond donors (Lipinski definition) is 1. The fraction of sp³-hybridized carbons (Fsp3) is 0.935. The fourth-order valence-corrected chi connectivity index (χ4v) is 5.67. The van der Waals surface area contributed by atoms with Gasteiger partial charge in [0.05, 0.1) is 18.8 Å². The van der Waals surface area contributed by atoms with E-state index in [1.165, 1.54) is 38.5 Å². The van der Waals surface area contributed by atoms with Crippen LogP contribution in [0.3, 0.4) is 0 Å². The second kappa shape index (κ2) is 22.1. The lowest BCUT2D eigenvalue weighted by Crippen LogP contribution is -2.23. The molecule has 0 saturated heterocycles. The third-order valence-electron chi connectivity index (χ3n) is 7.99. The molecule has 0 radical (unpaired) electrons. The smallest absolute Gasteiger partial charge is 0.305 e. The Hall–Kier alpha value is -0.940. The summed E-state index contributed by atoms with van der Waals surface area (Å²) in [5.74, 6) is 0.669. The van der Waals surface area contributed by atoms with E-state index in [9.17, 15) is 14.7 Å². The van der Waals surface area contributed by atoms with Crippen LogP contribution in [0.4, 0.5) is 0 Å². The Morgan fingerprint density at radius 1 is 0.833 bits per heavy atom. The van der Waals surface area contributed by atoms with Crippen molar-refractivity contribution in [1.29, 1.82) is 0 Å². The first kappa shape index (κ1) is 33.1. The second-order valence-corrected chi connectivity index (χ2v) is 11.1. The van der Waals surface area contributed by atoms with E-state index in [0.717, 1.165) is 83.5 Å². The van der Waals surface area contributed by atoms with Crippen LogP contribution in [0.5, 0.6) is 0 Å². The number of esters is 1. The van der Waals surface area contributed by atoms with Crippen LogP contribution in [0.15, 0.2) is 0 Å². The number of ether oxygens (including phenoxy) is 2. The molecule has 0 bridgehead atoms. The Labute approximate surface area is 222 Å². The molecule has 1 rings (SSSR count). The zero-order chi connectivity index (χ0) is 26.4. The number of unbranched alkanes of at least 4 members (excludes halogenated alkanes) is 11. The minimum atomic E-state index is -0.214. The van der Waals surface area contributed by atoms with Crippen molar-refractivity contribution in [3.8, 4) is 0 Å². The van der Waals surface area contributed by atoms with Crippen LogP contribution < -0.4 is 0 Å². The Morgan fingerprint density at radius 2 is 1.44 bits per heavy atom. The molecule has 0 aromatic heterocycles. The van der Waals surface area contributed by atoms with Crippen molar-refractivity contribution in [2.75, 3.05) is 13.7 Å². The third kappa shape index (κ3) is 15.3. The van der Waals surface area contributed by atoms with Crippen LogP contribution in [0, 0.1) is 11.8 Å². The molecule has 0 amide bonds. The quantitative estimate of drug-likeness (QED) is 0.105. The van der Waals surface area contributed by atoms with E-state index in [-0.39, 0.29) is 30.0 Å². The molecule has 0 aromatic carbocycles. The van der Waals surface area contributed by atoms with Crippen molar-refractivity contribution in [3.63, 3.8) is 0 Å². The average Bonchev–Trinajstić information content (AvgIpc) is 3.17. The van der Waals surface area contributed by atoms with Gasteiger partial charge in [-0.25, -0.2) is 0 Å². The first-order chi connectivity index (χ1) is 17.5. The highest BCUT2D eigenvalue weighted by atomic mass is 16.5. The number of aliphatic hydroxyl groups is 1. The maximum atomic E-state index is 12.6. The van der Waals surface area contributed by atoms with Gasteiger partial charge in [0.1, 0.15) is 5.78 Å². The summed E-state index contributed by atoms with van der Waals surface area (Å²) in [5, 5.41) is 10.1. The zero-order valence-electron chi connectivity index (χ0n) is 23.9. The van der Waals surface area contributed by atoms with Gasteiger partial charge in [0.2, 0.25) is 0 Å². The summed E-state index contributed by atoms with van der Waals surface area (Å²) in [4.78, 5) is 24.6. The lowest BCUT2D eigenvalue weighted by molar-refractivity contribution is -0.143. The summed E-state index contributed by atoms with van der Waals surface area (Å²) in [7, 11) is 1.72. The molecule has 36 heavy (non-hydrogen) atoms. The predicted octanol–water partition coefficient (Wildman–Crippen LogP) is 7.95. The number of Topliss-reactive ketones (excluding diaryl/α,β-unsaturated/α-hetero) is 1. The summed E-state index contributed by atoms with van der Waals surface area (Å²) in [6.07, 6.45) is 21.5. The highest BCUT2D eigenvalue weighted by Crippen LogP contribution is 2.38. The maximum absolute atomic E-state index is 12.6. The zero-order valence-corrected chi connectivity index (χ0v) is 23.9. The first-order valence-electron chi connectivity index (χ1n) is 15.4.